The molecule has 2 saturated heterocycles. The van der Waals surface area contributed by atoms with E-state index in [-0.39, 0.29) is 17.0 Å². The van der Waals surface area contributed by atoms with Gasteiger partial charge in [-0.15, -0.1) is 0 Å². The smallest absolute Gasteiger partial charge is 0.240 e. The van der Waals surface area contributed by atoms with Gasteiger partial charge in [0.15, 0.2) is 0 Å². The molecule has 4 heteroatoms. The molecule has 2 fully saturated rings. The normalized spacial score (nSPS) is 39.6. The fourth-order valence-corrected chi connectivity index (χ4v) is 2.53. The largest absolute Gasteiger partial charge is 0.379 e. The molecule has 2 atom stereocenters. The highest BCUT2D eigenvalue weighted by Gasteiger charge is 2.39. The van der Waals surface area contributed by atoms with Gasteiger partial charge in [-0.25, -0.2) is 0 Å². The maximum atomic E-state index is 12.2. The van der Waals surface area contributed by atoms with E-state index < -0.39 is 0 Å². The Labute approximate surface area is 97.1 Å². The van der Waals surface area contributed by atoms with Gasteiger partial charge in [0.05, 0.1) is 17.7 Å². The van der Waals surface area contributed by atoms with E-state index in [4.69, 9.17) is 4.74 Å². The minimum Gasteiger partial charge on any atom is -0.379 e. The van der Waals surface area contributed by atoms with Crippen LogP contribution in [0.15, 0.2) is 0 Å². The Hall–Kier alpha value is -0.610. The van der Waals surface area contributed by atoms with Gasteiger partial charge < -0.3 is 15.4 Å². The molecule has 92 valence electrons. The summed E-state index contributed by atoms with van der Waals surface area (Å²) in [5.74, 6) is 0.123. The third-order valence-corrected chi connectivity index (χ3v) is 3.72. The molecule has 2 aliphatic rings. The minimum absolute atomic E-state index is 0.123. The lowest BCUT2D eigenvalue weighted by Gasteiger charge is -2.37. The summed E-state index contributed by atoms with van der Waals surface area (Å²) in [5, 5.41) is 6.44. The van der Waals surface area contributed by atoms with Crippen molar-refractivity contribution in [2.24, 2.45) is 0 Å². The molecule has 0 aromatic carbocycles. The van der Waals surface area contributed by atoms with E-state index in [1.165, 1.54) is 0 Å². The average Bonchev–Trinajstić information content (AvgIpc) is 2.67. The van der Waals surface area contributed by atoms with Crippen molar-refractivity contribution in [1.82, 2.24) is 10.6 Å². The van der Waals surface area contributed by atoms with Crippen LogP contribution in [0.2, 0.25) is 0 Å². The van der Waals surface area contributed by atoms with Crippen molar-refractivity contribution in [2.45, 2.75) is 50.6 Å². The standard InChI is InChI=1S/C12H22N2O2/c1-11(5-4-8-16-9-11)14-10(15)12(2)6-3-7-13-12/h13H,3-9H2,1-2H3,(H,14,15). The molecule has 0 radical (unpaired) electrons. The first-order valence-electron chi connectivity index (χ1n) is 6.20. The van der Waals surface area contributed by atoms with Gasteiger partial charge in [0.1, 0.15) is 0 Å². The summed E-state index contributed by atoms with van der Waals surface area (Å²) in [6.45, 7) is 6.46. The first-order chi connectivity index (χ1) is 7.54. The highest BCUT2D eigenvalue weighted by Crippen LogP contribution is 2.23. The maximum Gasteiger partial charge on any atom is 0.240 e. The van der Waals surface area contributed by atoms with Crippen LogP contribution in [0.4, 0.5) is 0 Å². The van der Waals surface area contributed by atoms with Gasteiger partial charge in [-0.1, -0.05) is 0 Å². The molecule has 2 N–H and O–H groups in total. The Kier molecular flexibility index (Phi) is 3.22. The highest BCUT2D eigenvalue weighted by atomic mass is 16.5. The second kappa shape index (κ2) is 4.34. The van der Waals surface area contributed by atoms with Gasteiger partial charge in [0.25, 0.3) is 0 Å². The van der Waals surface area contributed by atoms with Crippen molar-refractivity contribution in [3.8, 4) is 0 Å². The van der Waals surface area contributed by atoms with Crippen LogP contribution in [0, 0.1) is 0 Å². The van der Waals surface area contributed by atoms with E-state index in [1.54, 1.807) is 0 Å². The Bertz CT molecular complexity index is 266. The van der Waals surface area contributed by atoms with E-state index in [0.717, 1.165) is 38.8 Å². The van der Waals surface area contributed by atoms with Crippen LogP contribution in [0.5, 0.6) is 0 Å². The predicted octanol–water partition coefficient (Wildman–Crippen LogP) is 0.814. The van der Waals surface area contributed by atoms with E-state index in [9.17, 15) is 4.79 Å². The number of rotatable bonds is 2. The molecular weight excluding hydrogens is 204 g/mol. The van der Waals surface area contributed by atoms with Crippen molar-refractivity contribution in [3.63, 3.8) is 0 Å². The van der Waals surface area contributed by atoms with Crippen LogP contribution in [-0.2, 0) is 9.53 Å². The van der Waals surface area contributed by atoms with Gasteiger partial charge in [-0.05, 0) is 46.1 Å². The van der Waals surface area contributed by atoms with Crippen LogP contribution in [0.25, 0.3) is 0 Å². The summed E-state index contributed by atoms with van der Waals surface area (Å²) in [5.41, 5.74) is -0.553. The zero-order valence-electron chi connectivity index (χ0n) is 10.3. The molecule has 2 rings (SSSR count). The first kappa shape index (κ1) is 11.9. The molecule has 2 aliphatic heterocycles. The van der Waals surface area contributed by atoms with Crippen LogP contribution in [-0.4, -0.2) is 36.7 Å². The minimum atomic E-state index is -0.375. The van der Waals surface area contributed by atoms with Crippen LogP contribution in [0.1, 0.15) is 39.5 Å². The lowest BCUT2D eigenvalue weighted by Crippen LogP contribution is -2.60. The number of nitrogens with one attached hydrogen (secondary N) is 2. The number of amides is 1. The van der Waals surface area contributed by atoms with Crippen molar-refractivity contribution < 1.29 is 9.53 Å². The number of carbonyl (C=O) groups excluding carboxylic acids is 1. The molecule has 2 unspecified atom stereocenters. The number of hydrogen-bond acceptors (Lipinski definition) is 3. The molecule has 0 aromatic heterocycles. The maximum absolute atomic E-state index is 12.2. The molecule has 2 heterocycles. The fraction of sp³-hybridized carbons (Fsp3) is 0.917. The lowest BCUT2D eigenvalue weighted by molar-refractivity contribution is -0.130. The summed E-state index contributed by atoms with van der Waals surface area (Å²) in [6.07, 6.45) is 4.04. The van der Waals surface area contributed by atoms with Crippen LogP contribution < -0.4 is 10.6 Å². The van der Waals surface area contributed by atoms with Crippen molar-refractivity contribution in [3.05, 3.63) is 0 Å². The molecule has 1 amide bonds. The molecule has 0 spiro atoms. The predicted molar refractivity (Wildman–Crippen MR) is 62.2 cm³/mol. The highest BCUT2D eigenvalue weighted by molar-refractivity contribution is 5.86. The molecule has 0 saturated carbocycles. The molecule has 16 heavy (non-hydrogen) atoms. The van der Waals surface area contributed by atoms with Gasteiger partial charge in [-0.3, -0.25) is 4.79 Å². The second-order valence-electron chi connectivity index (χ2n) is 5.53. The Morgan fingerprint density at radius 2 is 2.12 bits per heavy atom. The fourth-order valence-electron chi connectivity index (χ4n) is 2.53. The number of carbonyl (C=O) groups is 1. The molecule has 0 aliphatic carbocycles. The first-order valence-corrected chi connectivity index (χ1v) is 6.20. The average molecular weight is 226 g/mol. The topological polar surface area (TPSA) is 50.4 Å². The van der Waals surface area contributed by atoms with Crippen LogP contribution >= 0.6 is 0 Å². The van der Waals surface area contributed by atoms with Crippen LogP contribution in [0.3, 0.4) is 0 Å². The second-order valence-corrected chi connectivity index (χ2v) is 5.53. The third kappa shape index (κ3) is 2.38. The van der Waals surface area contributed by atoms with Crippen molar-refractivity contribution >= 4 is 5.91 Å². The summed E-state index contributed by atoms with van der Waals surface area (Å²) in [7, 11) is 0. The Morgan fingerprint density at radius 1 is 1.31 bits per heavy atom. The summed E-state index contributed by atoms with van der Waals surface area (Å²) in [4.78, 5) is 12.2. The number of ether oxygens (including phenoxy) is 1. The molecular formula is C12H22N2O2. The van der Waals surface area contributed by atoms with Gasteiger partial charge in [0, 0.05) is 6.61 Å². The van der Waals surface area contributed by atoms with E-state index in [1.807, 2.05) is 6.92 Å². The van der Waals surface area contributed by atoms with Crippen molar-refractivity contribution in [1.29, 1.82) is 0 Å². The summed E-state index contributed by atoms with van der Waals surface area (Å²) >= 11 is 0. The Balaban J connectivity index is 1.95. The van der Waals surface area contributed by atoms with Gasteiger partial charge in [-0.2, -0.15) is 0 Å². The monoisotopic (exact) mass is 226 g/mol. The van der Waals surface area contributed by atoms with Crippen molar-refractivity contribution in [2.75, 3.05) is 19.8 Å². The third-order valence-electron chi connectivity index (χ3n) is 3.72. The van der Waals surface area contributed by atoms with E-state index in [2.05, 4.69) is 17.6 Å². The number of hydrogen-bond donors (Lipinski definition) is 2. The summed E-state index contributed by atoms with van der Waals surface area (Å²) < 4.78 is 5.45. The van der Waals surface area contributed by atoms with E-state index in [0.29, 0.717) is 6.61 Å². The zero-order valence-corrected chi connectivity index (χ0v) is 10.3. The van der Waals surface area contributed by atoms with Gasteiger partial charge >= 0.3 is 0 Å². The van der Waals surface area contributed by atoms with E-state index >= 15 is 0 Å². The molecule has 0 bridgehead atoms. The Morgan fingerprint density at radius 3 is 2.69 bits per heavy atom. The molecule has 4 nitrogen and oxygen atoms in total. The lowest BCUT2D eigenvalue weighted by atomic mass is 9.91. The quantitative estimate of drug-likeness (QED) is 0.732. The zero-order chi connectivity index (χ0) is 11.6. The summed E-state index contributed by atoms with van der Waals surface area (Å²) in [6, 6.07) is 0. The SMILES string of the molecule is CC1(NC(=O)C2(C)CCCN2)CCCOC1. The molecule has 0 aromatic rings. The van der Waals surface area contributed by atoms with Gasteiger partial charge in [0.2, 0.25) is 5.91 Å².